The van der Waals surface area contributed by atoms with Gasteiger partial charge < -0.3 is 10.0 Å². The average molecular weight is 305 g/mol. The fourth-order valence-electron chi connectivity index (χ4n) is 2.36. The minimum atomic E-state index is -0.931. The minimum Gasteiger partial charge on any atom is -0.478 e. The minimum absolute atomic E-state index is 0.151. The Balaban J connectivity index is 2.30. The number of carbonyl (C=O) groups excluding carboxylic acids is 1. The smallest absolute Gasteiger partial charge is 0.335 e. The van der Waals surface area contributed by atoms with Crippen molar-refractivity contribution in [2.45, 2.75) is 58.4 Å². The molecule has 0 aliphatic rings. The molecule has 0 aliphatic carbocycles. The van der Waals surface area contributed by atoms with Gasteiger partial charge in [0.25, 0.3) is 0 Å². The Kier molecular flexibility index (Phi) is 8.26. The van der Waals surface area contributed by atoms with Gasteiger partial charge in [-0.05, 0) is 24.1 Å². The van der Waals surface area contributed by atoms with Gasteiger partial charge >= 0.3 is 5.97 Å². The van der Waals surface area contributed by atoms with Crippen LogP contribution in [0, 0.1) is 0 Å². The highest BCUT2D eigenvalue weighted by Gasteiger charge is 2.09. The van der Waals surface area contributed by atoms with Crippen LogP contribution in [0.3, 0.4) is 0 Å². The van der Waals surface area contributed by atoms with Crippen molar-refractivity contribution >= 4 is 11.9 Å². The maximum atomic E-state index is 12.0. The summed E-state index contributed by atoms with van der Waals surface area (Å²) in [5.41, 5.74) is 1.22. The second-order valence-electron chi connectivity index (χ2n) is 5.77. The molecule has 1 N–H and O–H groups in total. The van der Waals surface area contributed by atoms with Gasteiger partial charge in [0.1, 0.15) is 0 Å². The number of hydrogen-bond donors (Lipinski definition) is 1. The van der Waals surface area contributed by atoms with Crippen LogP contribution < -0.4 is 0 Å². The van der Waals surface area contributed by atoms with Gasteiger partial charge in [-0.3, -0.25) is 4.79 Å². The van der Waals surface area contributed by atoms with Crippen LogP contribution in [0.15, 0.2) is 24.3 Å². The van der Waals surface area contributed by atoms with E-state index in [9.17, 15) is 9.59 Å². The van der Waals surface area contributed by atoms with E-state index in [1.54, 1.807) is 36.2 Å². The molecule has 0 atom stereocenters. The maximum absolute atomic E-state index is 12.0. The molecule has 0 unspecified atom stereocenters. The Morgan fingerprint density at radius 2 is 1.59 bits per heavy atom. The summed E-state index contributed by atoms with van der Waals surface area (Å²) in [4.78, 5) is 24.5. The van der Waals surface area contributed by atoms with Gasteiger partial charge in [-0.15, -0.1) is 0 Å². The molecule has 1 amide bonds. The standard InChI is InChI=1S/C18H27NO3/c1-3-4-5-6-7-8-9-17(20)19(2)14-15-10-12-16(13-11-15)18(21)22/h10-13H,3-9,14H2,1-2H3,(H,21,22). The number of amides is 1. The number of nitrogens with zero attached hydrogens (tertiary/aromatic N) is 1. The Hall–Kier alpha value is -1.84. The normalized spacial score (nSPS) is 10.5. The molecule has 0 fully saturated rings. The lowest BCUT2D eigenvalue weighted by molar-refractivity contribution is -0.130. The lowest BCUT2D eigenvalue weighted by Gasteiger charge is -2.17. The van der Waals surface area contributed by atoms with Crippen molar-refractivity contribution < 1.29 is 14.7 Å². The first-order chi connectivity index (χ1) is 10.5. The third-order valence-electron chi connectivity index (χ3n) is 3.79. The largest absolute Gasteiger partial charge is 0.478 e. The van der Waals surface area contributed by atoms with Crippen LogP contribution in [-0.2, 0) is 11.3 Å². The zero-order valence-corrected chi connectivity index (χ0v) is 13.7. The average Bonchev–Trinajstić information content (AvgIpc) is 2.51. The third kappa shape index (κ3) is 6.74. The summed E-state index contributed by atoms with van der Waals surface area (Å²) in [5, 5.41) is 8.86. The van der Waals surface area contributed by atoms with Crippen molar-refractivity contribution in [2.24, 2.45) is 0 Å². The zero-order chi connectivity index (χ0) is 16.4. The van der Waals surface area contributed by atoms with Crippen molar-refractivity contribution in [3.8, 4) is 0 Å². The molecular weight excluding hydrogens is 278 g/mol. The highest BCUT2D eigenvalue weighted by atomic mass is 16.4. The van der Waals surface area contributed by atoms with E-state index in [1.165, 1.54) is 25.7 Å². The summed E-state index contributed by atoms with van der Waals surface area (Å²) in [5.74, 6) is -0.781. The van der Waals surface area contributed by atoms with Crippen LogP contribution in [0.4, 0.5) is 0 Å². The topological polar surface area (TPSA) is 57.6 Å². The number of carboxylic acid groups (broad SMARTS) is 1. The number of hydrogen-bond acceptors (Lipinski definition) is 2. The van der Waals surface area contributed by atoms with Crippen LogP contribution in [0.25, 0.3) is 0 Å². The van der Waals surface area contributed by atoms with Crippen molar-refractivity contribution in [2.75, 3.05) is 7.05 Å². The molecule has 0 heterocycles. The third-order valence-corrected chi connectivity index (χ3v) is 3.79. The molecule has 0 spiro atoms. The second kappa shape index (κ2) is 9.98. The van der Waals surface area contributed by atoms with Crippen molar-refractivity contribution in [1.82, 2.24) is 4.90 Å². The fraction of sp³-hybridized carbons (Fsp3) is 0.556. The first kappa shape index (κ1) is 18.2. The molecular formula is C18H27NO3. The SMILES string of the molecule is CCCCCCCCC(=O)N(C)Cc1ccc(C(=O)O)cc1. The summed E-state index contributed by atoms with van der Waals surface area (Å²) < 4.78 is 0. The molecule has 0 radical (unpaired) electrons. The predicted molar refractivity (Wildman–Crippen MR) is 87.9 cm³/mol. The van der Waals surface area contributed by atoms with Crippen molar-refractivity contribution in [1.29, 1.82) is 0 Å². The Morgan fingerprint density at radius 1 is 1.00 bits per heavy atom. The molecule has 1 aromatic rings. The molecule has 0 bridgehead atoms. The molecule has 0 saturated heterocycles. The predicted octanol–water partition coefficient (Wildman–Crippen LogP) is 4.09. The van der Waals surface area contributed by atoms with Crippen molar-refractivity contribution in [3.05, 3.63) is 35.4 Å². The number of rotatable bonds is 10. The van der Waals surface area contributed by atoms with Crippen LogP contribution in [0.1, 0.15) is 67.8 Å². The van der Waals surface area contributed by atoms with Gasteiger partial charge in [0.2, 0.25) is 5.91 Å². The molecule has 1 aromatic carbocycles. The first-order valence-electron chi connectivity index (χ1n) is 8.10. The van der Waals surface area contributed by atoms with E-state index in [1.807, 2.05) is 0 Å². The molecule has 122 valence electrons. The van der Waals surface area contributed by atoms with Crippen molar-refractivity contribution in [3.63, 3.8) is 0 Å². The molecule has 0 saturated carbocycles. The number of unbranched alkanes of at least 4 members (excludes halogenated alkanes) is 5. The Morgan fingerprint density at radius 3 is 2.18 bits per heavy atom. The molecule has 4 nitrogen and oxygen atoms in total. The van der Waals surface area contributed by atoms with Crippen LogP contribution >= 0.6 is 0 Å². The van der Waals surface area contributed by atoms with Gasteiger partial charge in [0.15, 0.2) is 0 Å². The lowest BCUT2D eigenvalue weighted by atomic mass is 10.1. The van der Waals surface area contributed by atoms with E-state index in [0.717, 1.165) is 18.4 Å². The van der Waals surface area contributed by atoms with E-state index < -0.39 is 5.97 Å². The van der Waals surface area contributed by atoms with E-state index in [-0.39, 0.29) is 11.5 Å². The number of carboxylic acids is 1. The van der Waals surface area contributed by atoms with E-state index >= 15 is 0 Å². The highest BCUT2D eigenvalue weighted by Crippen LogP contribution is 2.11. The fourth-order valence-corrected chi connectivity index (χ4v) is 2.36. The molecule has 4 heteroatoms. The van der Waals surface area contributed by atoms with Gasteiger partial charge in [0, 0.05) is 20.0 Å². The van der Waals surface area contributed by atoms with Gasteiger partial charge in [-0.1, -0.05) is 51.2 Å². The van der Waals surface area contributed by atoms with Gasteiger partial charge in [-0.2, -0.15) is 0 Å². The van der Waals surface area contributed by atoms with E-state index in [0.29, 0.717) is 13.0 Å². The lowest BCUT2D eigenvalue weighted by Crippen LogP contribution is -2.25. The quantitative estimate of drug-likeness (QED) is 0.662. The Bertz CT molecular complexity index is 468. The number of carbonyl (C=O) groups is 2. The molecule has 0 aliphatic heterocycles. The number of benzene rings is 1. The van der Waals surface area contributed by atoms with Crippen LogP contribution in [0.2, 0.25) is 0 Å². The molecule has 22 heavy (non-hydrogen) atoms. The summed E-state index contributed by atoms with van der Waals surface area (Å²) in [6.45, 7) is 2.72. The zero-order valence-electron chi connectivity index (χ0n) is 13.7. The van der Waals surface area contributed by atoms with Crippen LogP contribution in [-0.4, -0.2) is 28.9 Å². The molecule has 0 aromatic heterocycles. The van der Waals surface area contributed by atoms with Crippen LogP contribution in [0.5, 0.6) is 0 Å². The van der Waals surface area contributed by atoms with E-state index in [4.69, 9.17) is 5.11 Å². The summed E-state index contributed by atoms with van der Waals surface area (Å²) in [6.07, 6.45) is 7.65. The summed E-state index contributed by atoms with van der Waals surface area (Å²) in [6, 6.07) is 6.67. The first-order valence-corrected chi connectivity index (χ1v) is 8.10. The highest BCUT2D eigenvalue weighted by molar-refractivity contribution is 5.87. The summed E-state index contributed by atoms with van der Waals surface area (Å²) in [7, 11) is 1.80. The Labute approximate surface area is 133 Å². The number of aromatic carboxylic acids is 1. The van der Waals surface area contributed by atoms with E-state index in [2.05, 4.69) is 6.92 Å². The van der Waals surface area contributed by atoms with Gasteiger partial charge in [-0.25, -0.2) is 4.79 Å². The summed E-state index contributed by atoms with van der Waals surface area (Å²) >= 11 is 0. The monoisotopic (exact) mass is 305 g/mol. The molecule has 1 rings (SSSR count). The maximum Gasteiger partial charge on any atom is 0.335 e. The second-order valence-corrected chi connectivity index (χ2v) is 5.77. The van der Waals surface area contributed by atoms with Gasteiger partial charge in [0.05, 0.1) is 5.56 Å².